The Morgan fingerprint density at radius 2 is 2.04 bits per heavy atom. The molecule has 1 aliphatic heterocycles. The summed E-state index contributed by atoms with van der Waals surface area (Å²) in [5, 5.41) is 2.45. The zero-order chi connectivity index (χ0) is 19.1. The van der Waals surface area contributed by atoms with Crippen molar-refractivity contribution < 1.29 is 22.3 Å². The molecule has 0 atom stereocenters. The molecule has 1 aromatic heterocycles. The summed E-state index contributed by atoms with van der Waals surface area (Å²) in [5.74, 6) is -1.24. The van der Waals surface area contributed by atoms with Gasteiger partial charge in [-0.2, -0.15) is 0 Å². The molecule has 1 aromatic carbocycles. The molecular formula is C16H17ClFN3O4S. The fraction of sp³-hybridized carbons (Fsp3) is 0.312. The quantitative estimate of drug-likeness (QED) is 0.803. The van der Waals surface area contributed by atoms with Crippen molar-refractivity contribution in [2.24, 2.45) is 7.05 Å². The highest BCUT2D eigenvalue weighted by Crippen LogP contribution is 2.22. The molecule has 1 amide bonds. The van der Waals surface area contributed by atoms with Gasteiger partial charge in [-0.1, -0.05) is 11.6 Å². The van der Waals surface area contributed by atoms with Crippen LogP contribution in [-0.2, 0) is 21.8 Å². The monoisotopic (exact) mass is 401 g/mol. The molecule has 0 spiro atoms. The van der Waals surface area contributed by atoms with Crippen molar-refractivity contribution >= 4 is 33.2 Å². The Morgan fingerprint density at radius 3 is 2.62 bits per heavy atom. The molecule has 0 unspecified atom stereocenters. The zero-order valence-corrected chi connectivity index (χ0v) is 15.6. The van der Waals surface area contributed by atoms with E-state index in [-0.39, 0.29) is 34.5 Å². The third-order valence-electron chi connectivity index (χ3n) is 3.92. The lowest BCUT2D eigenvalue weighted by Gasteiger charge is -2.38. The van der Waals surface area contributed by atoms with Gasteiger partial charge in [0.2, 0.25) is 10.0 Å². The van der Waals surface area contributed by atoms with Crippen molar-refractivity contribution in [3.05, 3.63) is 47.0 Å². The van der Waals surface area contributed by atoms with Gasteiger partial charge < -0.3 is 14.6 Å². The Bertz CT molecular complexity index is 970. The van der Waals surface area contributed by atoms with E-state index in [4.69, 9.17) is 16.3 Å². The third-order valence-corrected chi connectivity index (χ3v) is 5.83. The highest BCUT2D eigenvalue weighted by Gasteiger charge is 2.38. The van der Waals surface area contributed by atoms with Gasteiger partial charge in [0, 0.05) is 18.9 Å². The molecule has 2 N–H and O–H groups in total. The lowest BCUT2D eigenvalue weighted by Crippen LogP contribution is -2.59. The van der Waals surface area contributed by atoms with Crippen molar-refractivity contribution in [3.8, 4) is 0 Å². The Morgan fingerprint density at radius 1 is 1.35 bits per heavy atom. The number of rotatable bonds is 5. The van der Waals surface area contributed by atoms with Crippen LogP contribution in [-0.4, -0.2) is 37.6 Å². The van der Waals surface area contributed by atoms with Crippen molar-refractivity contribution in [1.29, 1.82) is 0 Å². The zero-order valence-electron chi connectivity index (χ0n) is 14.0. The van der Waals surface area contributed by atoms with Crippen LogP contribution in [0.4, 0.5) is 10.1 Å². The second-order valence-electron chi connectivity index (χ2n) is 6.41. The largest absolute Gasteiger partial charge is 0.377 e. The fourth-order valence-corrected chi connectivity index (χ4v) is 4.09. The van der Waals surface area contributed by atoms with Gasteiger partial charge in [-0.15, -0.1) is 0 Å². The summed E-state index contributed by atoms with van der Waals surface area (Å²) < 4.78 is 47.5. The Kier molecular flexibility index (Phi) is 4.82. The van der Waals surface area contributed by atoms with Crippen LogP contribution < -0.4 is 10.0 Å². The number of halogens is 2. The number of amides is 1. The fourth-order valence-electron chi connectivity index (χ4n) is 2.53. The maximum Gasteiger partial charge on any atom is 0.272 e. The molecule has 0 aliphatic carbocycles. The predicted molar refractivity (Wildman–Crippen MR) is 94.3 cm³/mol. The number of hydrogen-bond acceptors (Lipinski definition) is 4. The van der Waals surface area contributed by atoms with E-state index in [0.717, 1.165) is 6.07 Å². The molecule has 7 nitrogen and oxygen atoms in total. The van der Waals surface area contributed by atoms with Crippen molar-refractivity contribution in [1.82, 2.24) is 9.29 Å². The van der Waals surface area contributed by atoms with Crippen LogP contribution in [0.5, 0.6) is 0 Å². The average Bonchev–Trinajstić information content (AvgIpc) is 2.92. The van der Waals surface area contributed by atoms with Crippen LogP contribution in [0.15, 0.2) is 35.4 Å². The van der Waals surface area contributed by atoms with E-state index < -0.39 is 27.3 Å². The molecule has 1 aliphatic rings. The van der Waals surface area contributed by atoms with Crippen molar-refractivity contribution in [2.45, 2.75) is 17.4 Å². The highest BCUT2D eigenvalue weighted by atomic mass is 35.5. The Balaban J connectivity index is 1.80. The molecule has 0 radical (unpaired) electrons. The number of nitrogens with one attached hydrogen (secondary N) is 2. The van der Waals surface area contributed by atoms with Crippen LogP contribution >= 0.6 is 11.6 Å². The number of aromatic nitrogens is 1. The van der Waals surface area contributed by atoms with E-state index in [0.29, 0.717) is 0 Å². The van der Waals surface area contributed by atoms with E-state index in [1.807, 2.05) is 0 Å². The molecule has 0 bridgehead atoms. The number of sulfonamides is 1. The Hall–Kier alpha value is -1.94. The molecule has 0 saturated carbocycles. The summed E-state index contributed by atoms with van der Waals surface area (Å²) in [6.45, 7) is 2.31. The van der Waals surface area contributed by atoms with E-state index in [9.17, 15) is 17.6 Å². The minimum atomic E-state index is -3.81. The first kappa shape index (κ1) is 18.8. The van der Waals surface area contributed by atoms with Crippen LogP contribution in [0.25, 0.3) is 0 Å². The van der Waals surface area contributed by atoms with Gasteiger partial charge in [-0.05, 0) is 31.2 Å². The van der Waals surface area contributed by atoms with Gasteiger partial charge in [-0.25, -0.2) is 17.5 Å². The van der Waals surface area contributed by atoms with E-state index in [1.54, 1.807) is 14.0 Å². The maximum atomic E-state index is 13.5. The first-order valence-electron chi connectivity index (χ1n) is 7.64. The molecule has 1 fully saturated rings. The van der Waals surface area contributed by atoms with Gasteiger partial charge >= 0.3 is 0 Å². The van der Waals surface area contributed by atoms with Crippen molar-refractivity contribution in [3.63, 3.8) is 0 Å². The summed E-state index contributed by atoms with van der Waals surface area (Å²) >= 11 is 5.61. The number of aryl methyl sites for hydroxylation is 1. The number of nitrogens with zero attached hydrogens (tertiary/aromatic N) is 1. The number of hydrogen-bond donors (Lipinski definition) is 2. The molecule has 10 heteroatoms. The van der Waals surface area contributed by atoms with E-state index in [2.05, 4.69) is 10.0 Å². The number of anilines is 1. The van der Waals surface area contributed by atoms with Crippen molar-refractivity contribution in [2.75, 3.05) is 18.5 Å². The number of carbonyl (C=O) groups excluding carboxylic acids is 1. The van der Waals surface area contributed by atoms with Crippen LogP contribution in [0.2, 0.25) is 5.02 Å². The summed E-state index contributed by atoms with van der Waals surface area (Å²) in [7, 11) is -2.26. The van der Waals surface area contributed by atoms with Crippen LogP contribution in [0.1, 0.15) is 17.4 Å². The van der Waals surface area contributed by atoms with Gasteiger partial charge in [0.05, 0.1) is 23.8 Å². The first-order chi connectivity index (χ1) is 12.1. The van der Waals surface area contributed by atoms with Gasteiger partial charge in [0.25, 0.3) is 5.91 Å². The molecule has 2 aromatic rings. The SMILES string of the molecule is Cn1cc(S(=O)(=O)NC2(C)COC2)cc1C(=O)Nc1ccc(Cl)c(F)c1. The second-order valence-corrected chi connectivity index (χ2v) is 8.50. The standard InChI is InChI=1S/C16H17ClFN3O4S/c1-16(8-25-9-16)20-26(23,24)11-6-14(21(2)7-11)15(22)19-10-3-4-12(17)13(18)5-10/h3-7,20H,8-9H2,1-2H3,(H,19,22). The third kappa shape index (κ3) is 3.75. The van der Waals surface area contributed by atoms with Gasteiger partial charge in [0.15, 0.2) is 0 Å². The molecule has 3 rings (SSSR count). The normalized spacial score (nSPS) is 16.2. The highest BCUT2D eigenvalue weighted by molar-refractivity contribution is 7.89. The summed E-state index contributed by atoms with van der Waals surface area (Å²) in [6, 6.07) is 5.11. The Labute approximate surface area is 155 Å². The van der Waals surface area contributed by atoms with Crippen LogP contribution in [0.3, 0.4) is 0 Å². The lowest BCUT2D eigenvalue weighted by atomic mass is 10.0. The topological polar surface area (TPSA) is 89.4 Å². The first-order valence-corrected chi connectivity index (χ1v) is 9.50. The smallest absolute Gasteiger partial charge is 0.272 e. The molecule has 26 heavy (non-hydrogen) atoms. The summed E-state index contributed by atoms with van der Waals surface area (Å²) in [4.78, 5) is 12.4. The van der Waals surface area contributed by atoms with E-state index in [1.165, 1.54) is 29.0 Å². The maximum absolute atomic E-state index is 13.5. The molecular weight excluding hydrogens is 385 g/mol. The van der Waals surface area contributed by atoms with Gasteiger partial charge in [-0.3, -0.25) is 4.79 Å². The summed E-state index contributed by atoms with van der Waals surface area (Å²) in [6.07, 6.45) is 1.34. The second kappa shape index (κ2) is 6.66. The molecule has 140 valence electrons. The lowest BCUT2D eigenvalue weighted by molar-refractivity contribution is -0.0523. The van der Waals surface area contributed by atoms with E-state index >= 15 is 0 Å². The number of ether oxygens (including phenoxy) is 1. The molecule has 2 heterocycles. The van der Waals surface area contributed by atoms with Crippen LogP contribution in [0, 0.1) is 5.82 Å². The molecule has 1 saturated heterocycles. The minimum Gasteiger partial charge on any atom is -0.377 e. The number of carbonyl (C=O) groups is 1. The predicted octanol–water partition coefficient (Wildman–Crippen LogP) is 2.14. The minimum absolute atomic E-state index is 0.0411. The summed E-state index contributed by atoms with van der Waals surface area (Å²) in [5.41, 5.74) is -0.340. The number of benzene rings is 1. The van der Waals surface area contributed by atoms with Gasteiger partial charge in [0.1, 0.15) is 16.4 Å². The average molecular weight is 402 g/mol.